The maximum absolute atomic E-state index is 13.8. The van der Waals surface area contributed by atoms with Gasteiger partial charge in [0.2, 0.25) is 5.91 Å². The Balaban J connectivity index is 1.64. The third kappa shape index (κ3) is 5.98. The van der Waals surface area contributed by atoms with Gasteiger partial charge < -0.3 is 10.6 Å². The van der Waals surface area contributed by atoms with Crippen molar-refractivity contribution >= 4 is 58.2 Å². The highest BCUT2D eigenvalue weighted by atomic mass is 35.5. The minimum atomic E-state index is -0.591. The van der Waals surface area contributed by atoms with E-state index < -0.39 is 17.0 Å². The van der Waals surface area contributed by atoms with Crippen LogP contribution < -0.4 is 10.6 Å². The van der Waals surface area contributed by atoms with Gasteiger partial charge in [-0.3, -0.25) is 9.59 Å². The number of hydrogen-bond donors (Lipinski definition) is 2. The van der Waals surface area contributed by atoms with E-state index >= 15 is 0 Å². The SMILES string of the molecule is CC(Sc1cccc(NC(=O)c2ccccc2F)c1)C(=O)Nc1cc(Cl)cc(Cl)c1. The van der Waals surface area contributed by atoms with Gasteiger partial charge in [-0.05, 0) is 55.5 Å². The monoisotopic (exact) mass is 462 g/mol. The topological polar surface area (TPSA) is 58.2 Å². The van der Waals surface area contributed by atoms with E-state index in [0.717, 1.165) is 4.90 Å². The van der Waals surface area contributed by atoms with Crippen LogP contribution in [-0.4, -0.2) is 17.1 Å². The average Bonchev–Trinajstić information content (AvgIpc) is 2.67. The maximum Gasteiger partial charge on any atom is 0.258 e. The number of carbonyl (C=O) groups excluding carboxylic acids is 2. The molecule has 1 unspecified atom stereocenters. The molecule has 2 amide bonds. The first-order valence-corrected chi connectivity index (χ1v) is 10.5. The number of thioether (sulfide) groups is 1. The lowest BCUT2D eigenvalue weighted by atomic mass is 10.2. The highest BCUT2D eigenvalue weighted by molar-refractivity contribution is 8.00. The molecule has 4 nitrogen and oxygen atoms in total. The second-order valence-corrected chi connectivity index (χ2v) is 8.66. The molecule has 0 spiro atoms. The third-order valence-electron chi connectivity index (χ3n) is 4.02. The van der Waals surface area contributed by atoms with Crippen LogP contribution in [0, 0.1) is 5.82 Å². The fraction of sp³-hybridized carbons (Fsp3) is 0.0909. The summed E-state index contributed by atoms with van der Waals surface area (Å²) in [6.45, 7) is 1.76. The van der Waals surface area contributed by atoms with Crippen molar-refractivity contribution in [3.05, 3.63) is 88.2 Å². The molecule has 8 heteroatoms. The van der Waals surface area contributed by atoms with Crippen molar-refractivity contribution in [1.82, 2.24) is 0 Å². The molecule has 0 heterocycles. The Labute approximate surface area is 187 Å². The van der Waals surface area contributed by atoms with E-state index in [1.807, 2.05) is 6.07 Å². The molecule has 0 fully saturated rings. The number of anilines is 2. The van der Waals surface area contributed by atoms with Crippen molar-refractivity contribution in [2.45, 2.75) is 17.1 Å². The standard InChI is InChI=1S/C22H17Cl2FN2O2S/c1-13(21(28)27-17-10-14(23)9-15(24)11-17)30-18-6-4-5-16(12-18)26-22(29)19-7-2-3-8-20(19)25/h2-13H,1H3,(H,26,29)(H,27,28). The van der Waals surface area contributed by atoms with E-state index in [1.165, 1.54) is 30.0 Å². The Bertz CT molecular complexity index is 1070. The fourth-order valence-electron chi connectivity index (χ4n) is 2.62. The van der Waals surface area contributed by atoms with Gasteiger partial charge in [0.25, 0.3) is 5.91 Å². The first-order chi connectivity index (χ1) is 14.3. The molecule has 154 valence electrons. The lowest BCUT2D eigenvalue weighted by molar-refractivity contribution is -0.115. The Hall–Kier alpha value is -2.54. The van der Waals surface area contributed by atoms with Gasteiger partial charge in [-0.2, -0.15) is 0 Å². The van der Waals surface area contributed by atoms with Crippen LogP contribution in [-0.2, 0) is 4.79 Å². The summed E-state index contributed by atoms with van der Waals surface area (Å²) in [5.41, 5.74) is 0.974. The molecule has 0 bridgehead atoms. The normalized spacial score (nSPS) is 11.6. The summed E-state index contributed by atoms with van der Waals surface area (Å²) in [5.74, 6) is -1.36. The van der Waals surface area contributed by atoms with Crippen LogP contribution in [0.1, 0.15) is 17.3 Å². The Morgan fingerprint density at radius 2 is 1.60 bits per heavy atom. The predicted octanol–water partition coefficient (Wildman–Crippen LogP) is 6.50. The maximum atomic E-state index is 13.8. The summed E-state index contributed by atoms with van der Waals surface area (Å²) < 4.78 is 13.8. The second-order valence-electron chi connectivity index (χ2n) is 6.37. The second kappa shape index (κ2) is 9.98. The highest BCUT2D eigenvalue weighted by Gasteiger charge is 2.16. The molecule has 2 N–H and O–H groups in total. The van der Waals surface area contributed by atoms with Gasteiger partial charge >= 0.3 is 0 Å². The Morgan fingerprint density at radius 1 is 0.900 bits per heavy atom. The highest BCUT2D eigenvalue weighted by Crippen LogP contribution is 2.28. The van der Waals surface area contributed by atoms with Gasteiger partial charge in [0.1, 0.15) is 5.82 Å². The van der Waals surface area contributed by atoms with E-state index in [2.05, 4.69) is 10.6 Å². The summed E-state index contributed by atoms with van der Waals surface area (Å²) in [7, 11) is 0. The zero-order valence-electron chi connectivity index (χ0n) is 15.8. The number of benzene rings is 3. The molecular formula is C22H17Cl2FN2O2S. The van der Waals surface area contributed by atoms with E-state index in [0.29, 0.717) is 21.4 Å². The number of halogens is 3. The largest absolute Gasteiger partial charge is 0.325 e. The summed E-state index contributed by atoms with van der Waals surface area (Å²) in [6, 6.07) is 17.6. The molecule has 3 aromatic rings. The molecule has 0 saturated carbocycles. The Kier molecular flexibility index (Phi) is 7.37. The average molecular weight is 463 g/mol. The molecule has 0 aliphatic rings. The third-order valence-corrected chi connectivity index (χ3v) is 5.55. The summed E-state index contributed by atoms with van der Waals surface area (Å²) >= 11 is 13.2. The smallest absolute Gasteiger partial charge is 0.258 e. The lowest BCUT2D eigenvalue weighted by Crippen LogP contribution is -2.22. The predicted molar refractivity (Wildman–Crippen MR) is 121 cm³/mol. The van der Waals surface area contributed by atoms with Crippen molar-refractivity contribution in [3.63, 3.8) is 0 Å². The minimum absolute atomic E-state index is 0.0384. The fourth-order valence-corrected chi connectivity index (χ4v) is 4.07. The summed E-state index contributed by atoms with van der Waals surface area (Å²) in [4.78, 5) is 25.6. The molecule has 0 aliphatic carbocycles. The lowest BCUT2D eigenvalue weighted by Gasteiger charge is -2.13. The zero-order valence-corrected chi connectivity index (χ0v) is 18.1. The number of carbonyl (C=O) groups is 2. The van der Waals surface area contributed by atoms with Crippen LogP contribution in [0.15, 0.2) is 71.6 Å². The minimum Gasteiger partial charge on any atom is -0.325 e. The quantitative estimate of drug-likeness (QED) is 0.410. The van der Waals surface area contributed by atoms with Crippen LogP contribution in [0.25, 0.3) is 0 Å². The van der Waals surface area contributed by atoms with E-state index in [4.69, 9.17) is 23.2 Å². The van der Waals surface area contributed by atoms with Gasteiger partial charge in [0, 0.05) is 26.3 Å². The van der Waals surface area contributed by atoms with Gasteiger partial charge in [0.15, 0.2) is 0 Å². The van der Waals surface area contributed by atoms with Crippen molar-refractivity contribution < 1.29 is 14.0 Å². The van der Waals surface area contributed by atoms with E-state index in [9.17, 15) is 14.0 Å². The molecule has 1 atom stereocenters. The van der Waals surface area contributed by atoms with Crippen LogP contribution in [0.4, 0.5) is 15.8 Å². The first-order valence-electron chi connectivity index (χ1n) is 8.91. The molecule has 3 aromatic carbocycles. The molecule has 0 aliphatic heterocycles. The van der Waals surface area contributed by atoms with Gasteiger partial charge in [0.05, 0.1) is 10.8 Å². The van der Waals surface area contributed by atoms with Gasteiger partial charge in [-0.1, -0.05) is 41.4 Å². The molecular weight excluding hydrogens is 446 g/mol. The number of hydrogen-bond acceptors (Lipinski definition) is 3. The van der Waals surface area contributed by atoms with E-state index in [1.54, 1.807) is 49.4 Å². The zero-order chi connectivity index (χ0) is 21.7. The first kappa shape index (κ1) is 22.2. The molecule has 0 radical (unpaired) electrons. The van der Waals surface area contributed by atoms with Gasteiger partial charge in [-0.25, -0.2) is 4.39 Å². The van der Waals surface area contributed by atoms with Crippen molar-refractivity contribution in [2.75, 3.05) is 10.6 Å². The van der Waals surface area contributed by atoms with Crippen LogP contribution in [0.5, 0.6) is 0 Å². The molecule has 0 aromatic heterocycles. The summed E-state index contributed by atoms with van der Waals surface area (Å²) in [5, 5.41) is 5.87. The van der Waals surface area contributed by atoms with Gasteiger partial charge in [-0.15, -0.1) is 11.8 Å². The van der Waals surface area contributed by atoms with E-state index in [-0.39, 0.29) is 11.5 Å². The molecule has 0 saturated heterocycles. The number of nitrogens with one attached hydrogen (secondary N) is 2. The molecule has 30 heavy (non-hydrogen) atoms. The number of amides is 2. The van der Waals surface area contributed by atoms with Crippen molar-refractivity contribution in [3.8, 4) is 0 Å². The number of rotatable bonds is 6. The van der Waals surface area contributed by atoms with Crippen molar-refractivity contribution in [2.24, 2.45) is 0 Å². The van der Waals surface area contributed by atoms with Crippen LogP contribution in [0.2, 0.25) is 10.0 Å². The Morgan fingerprint density at radius 3 is 2.30 bits per heavy atom. The van der Waals surface area contributed by atoms with Crippen molar-refractivity contribution in [1.29, 1.82) is 0 Å². The summed E-state index contributed by atoms with van der Waals surface area (Å²) in [6.07, 6.45) is 0. The van der Waals surface area contributed by atoms with Crippen LogP contribution in [0.3, 0.4) is 0 Å². The van der Waals surface area contributed by atoms with Crippen LogP contribution >= 0.6 is 35.0 Å². The molecule has 3 rings (SSSR count).